The third kappa shape index (κ3) is 3.99. The first kappa shape index (κ1) is 16.3. The molecule has 5 nitrogen and oxygen atoms in total. The van der Waals surface area contributed by atoms with Crippen LogP contribution in [0.2, 0.25) is 10.0 Å². The molecule has 0 aliphatic heterocycles. The minimum absolute atomic E-state index is 0.0511. The molecule has 0 fully saturated rings. The van der Waals surface area contributed by atoms with Gasteiger partial charge in [-0.3, -0.25) is 0 Å². The zero-order valence-corrected chi connectivity index (χ0v) is 13.3. The van der Waals surface area contributed by atoms with Crippen LogP contribution in [0.4, 0.5) is 0 Å². The lowest BCUT2D eigenvalue weighted by molar-refractivity contribution is 0.152. The van der Waals surface area contributed by atoms with Gasteiger partial charge in [0.25, 0.3) is 0 Å². The summed E-state index contributed by atoms with van der Waals surface area (Å²) >= 11 is 11.6. The molecule has 0 unspecified atom stereocenters. The summed E-state index contributed by atoms with van der Waals surface area (Å²) in [7, 11) is -3.88. The molecule has 0 saturated heterocycles. The first-order chi connectivity index (χ1) is 9.79. The second-order valence-corrected chi connectivity index (χ2v) is 6.97. The van der Waals surface area contributed by atoms with Crippen LogP contribution in [0.5, 0.6) is 0 Å². The van der Waals surface area contributed by atoms with Crippen LogP contribution in [-0.4, -0.2) is 20.1 Å². The number of benzene rings is 1. The van der Waals surface area contributed by atoms with Crippen LogP contribution in [0.25, 0.3) is 0 Å². The highest BCUT2D eigenvalue weighted by Crippen LogP contribution is 2.25. The number of aryl methyl sites for hydroxylation is 1. The summed E-state index contributed by atoms with van der Waals surface area (Å²) in [4.78, 5) is -0.139. The lowest BCUT2D eigenvalue weighted by Crippen LogP contribution is -2.28. The average Bonchev–Trinajstić information content (AvgIpc) is 2.85. The molecule has 1 aromatic carbocycles. The monoisotopic (exact) mass is 349 g/mol. The van der Waals surface area contributed by atoms with Crippen molar-refractivity contribution in [3.05, 3.63) is 51.9 Å². The number of halogens is 2. The van der Waals surface area contributed by atoms with Crippen LogP contribution in [0.15, 0.2) is 39.6 Å². The van der Waals surface area contributed by atoms with Crippen molar-refractivity contribution in [2.45, 2.75) is 17.9 Å². The second-order valence-electron chi connectivity index (χ2n) is 4.39. The van der Waals surface area contributed by atoms with Crippen LogP contribution in [0.3, 0.4) is 0 Å². The number of aliphatic hydroxyl groups is 1. The van der Waals surface area contributed by atoms with Crippen LogP contribution in [0, 0.1) is 6.92 Å². The topological polar surface area (TPSA) is 79.5 Å². The number of aliphatic hydroxyl groups excluding tert-OH is 1. The zero-order valence-electron chi connectivity index (χ0n) is 11.0. The van der Waals surface area contributed by atoms with Gasteiger partial charge in [-0.2, -0.15) is 0 Å². The number of sulfonamides is 1. The zero-order chi connectivity index (χ0) is 15.6. The van der Waals surface area contributed by atoms with Crippen LogP contribution >= 0.6 is 23.2 Å². The van der Waals surface area contributed by atoms with E-state index in [-0.39, 0.29) is 27.2 Å². The van der Waals surface area contributed by atoms with Crippen molar-refractivity contribution >= 4 is 33.2 Å². The SMILES string of the molecule is Cc1ccc([C@H](O)CNS(=O)(=O)c2cc(Cl)ccc2Cl)o1. The molecule has 1 atom stereocenters. The maximum absolute atomic E-state index is 12.2. The van der Waals surface area contributed by atoms with Gasteiger partial charge in [-0.15, -0.1) is 0 Å². The Hall–Kier alpha value is -1.05. The van der Waals surface area contributed by atoms with Crippen LogP contribution in [0.1, 0.15) is 17.6 Å². The van der Waals surface area contributed by atoms with E-state index in [1.54, 1.807) is 19.1 Å². The fraction of sp³-hybridized carbons (Fsp3) is 0.231. The molecule has 21 heavy (non-hydrogen) atoms. The fourth-order valence-corrected chi connectivity index (χ4v) is 3.48. The number of hydrogen-bond donors (Lipinski definition) is 2. The molecule has 1 heterocycles. The van der Waals surface area contributed by atoms with E-state index in [0.29, 0.717) is 5.76 Å². The van der Waals surface area contributed by atoms with Crippen molar-refractivity contribution in [2.24, 2.45) is 0 Å². The molecule has 2 N–H and O–H groups in total. The van der Waals surface area contributed by atoms with E-state index in [1.807, 2.05) is 0 Å². The van der Waals surface area contributed by atoms with Crippen molar-refractivity contribution in [1.29, 1.82) is 0 Å². The summed E-state index contributed by atoms with van der Waals surface area (Å²) in [6.07, 6.45) is -1.09. The molecule has 2 rings (SSSR count). The number of nitrogens with one attached hydrogen (secondary N) is 1. The van der Waals surface area contributed by atoms with E-state index >= 15 is 0 Å². The van der Waals surface area contributed by atoms with Gasteiger partial charge in [0.15, 0.2) is 0 Å². The van der Waals surface area contributed by atoms with Crippen molar-refractivity contribution in [3.8, 4) is 0 Å². The van der Waals surface area contributed by atoms with Gasteiger partial charge < -0.3 is 9.52 Å². The van der Waals surface area contributed by atoms with Gasteiger partial charge >= 0.3 is 0 Å². The van der Waals surface area contributed by atoms with Crippen molar-refractivity contribution in [1.82, 2.24) is 4.72 Å². The Balaban J connectivity index is 2.13. The first-order valence-corrected chi connectivity index (χ1v) is 8.22. The highest BCUT2D eigenvalue weighted by molar-refractivity contribution is 7.89. The van der Waals surface area contributed by atoms with Crippen LogP contribution < -0.4 is 4.72 Å². The van der Waals surface area contributed by atoms with Gasteiger partial charge in [-0.05, 0) is 37.3 Å². The summed E-state index contributed by atoms with van der Waals surface area (Å²) in [5.74, 6) is 0.914. The Kier molecular flexibility index (Phi) is 4.95. The Labute approximate surface area is 132 Å². The van der Waals surface area contributed by atoms with Crippen molar-refractivity contribution in [3.63, 3.8) is 0 Å². The lowest BCUT2D eigenvalue weighted by Gasteiger charge is -2.11. The van der Waals surface area contributed by atoms with E-state index in [4.69, 9.17) is 27.6 Å². The predicted molar refractivity (Wildman–Crippen MR) is 80.1 cm³/mol. The molecule has 0 amide bonds. The van der Waals surface area contributed by atoms with E-state index in [2.05, 4.69) is 4.72 Å². The van der Waals surface area contributed by atoms with Gasteiger partial charge in [-0.25, -0.2) is 13.1 Å². The molecule has 0 spiro atoms. The molecular weight excluding hydrogens is 337 g/mol. The highest BCUT2D eigenvalue weighted by Gasteiger charge is 2.21. The standard InChI is InChI=1S/C13H13Cl2NO4S/c1-8-2-5-12(20-8)11(17)7-16-21(18,19)13-6-9(14)3-4-10(13)15/h2-6,11,16-17H,7H2,1H3/t11-/m1/s1. The van der Waals surface area contributed by atoms with E-state index < -0.39 is 16.1 Å². The molecule has 0 bridgehead atoms. The average molecular weight is 350 g/mol. The van der Waals surface area contributed by atoms with Gasteiger partial charge in [0.2, 0.25) is 10.0 Å². The minimum atomic E-state index is -3.88. The summed E-state index contributed by atoms with van der Waals surface area (Å²) in [6.45, 7) is 1.49. The smallest absolute Gasteiger partial charge is 0.242 e. The number of furan rings is 1. The quantitative estimate of drug-likeness (QED) is 0.869. The number of rotatable bonds is 5. The summed E-state index contributed by atoms with van der Waals surface area (Å²) < 4.78 is 31.8. The maximum atomic E-state index is 12.2. The van der Waals surface area contributed by atoms with E-state index in [9.17, 15) is 13.5 Å². The summed E-state index contributed by atoms with van der Waals surface area (Å²) in [5, 5.41) is 10.2. The summed E-state index contributed by atoms with van der Waals surface area (Å²) in [5.41, 5.74) is 0. The third-order valence-electron chi connectivity index (χ3n) is 2.74. The lowest BCUT2D eigenvalue weighted by atomic mass is 10.3. The Morgan fingerprint density at radius 2 is 2.00 bits per heavy atom. The maximum Gasteiger partial charge on any atom is 0.242 e. The fourth-order valence-electron chi connectivity index (χ4n) is 1.68. The summed E-state index contributed by atoms with van der Waals surface area (Å²) in [6, 6.07) is 7.39. The number of hydrogen-bond acceptors (Lipinski definition) is 4. The van der Waals surface area contributed by atoms with E-state index in [1.165, 1.54) is 18.2 Å². The molecule has 114 valence electrons. The highest BCUT2D eigenvalue weighted by atomic mass is 35.5. The molecule has 2 aromatic rings. The van der Waals surface area contributed by atoms with Crippen molar-refractivity contribution < 1.29 is 17.9 Å². The molecule has 0 saturated carbocycles. The van der Waals surface area contributed by atoms with Crippen molar-refractivity contribution in [2.75, 3.05) is 6.54 Å². The second kappa shape index (κ2) is 6.37. The molecule has 1 aromatic heterocycles. The first-order valence-electron chi connectivity index (χ1n) is 5.99. The molecule has 8 heteroatoms. The normalized spacial score (nSPS) is 13.3. The van der Waals surface area contributed by atoms with Gasteiger partial charge in [-0.1, -0.05) is 23.2 Å². The Morgan fingerprint density at radius 1 is 1.29 bits per heavy atom. The third-order valence-corrected chi connectivity index (χ3v) is 4.88. The Morgan fingerprint density at radius 3 is 2.62 bits per heavy atom. The molecule has 0 aliphatic carbocycles. The molecule has 0 aliphatic rings. The van der Waals surface area contributed by atoms with Gasteiger partial charge in [0.05, 0.1) is 5.02 Å². The van der Waals surface area contributed by atoms with Gasteiger partial charge in [0, 0.05) is 11.6 Å². The Bertz CT molecular complexity index is 742. The van der Waals surface area contributed by atoms with Crippen LogP contribution in [-0.2, 0) is 10.0 Å². The van der Waals surface area contributed by atoms with E-state index in [0.717, 1.165) is 0 Å². The molecule has 0 radical (unpaired) electrons. The van der Waals surface area contributed by atoms with Gasteiger partial charge in [0.1, 0.15) is 22.5 Å². The largest absolute Gasteiger partial charge is 0.464 e. The molecular formula is C13H13Cl2NO4S. The minimum Gasteiger partial charge on any atom is -0.464 e. The predicted octanol–water partition coefficient (Wildman–Crippen LogP) is 2.91.